The van der Waals surface area contributed by atoms with E-state index >= 15 is 0 Å². The lowest BCUT2D eigenvalue weighted by molar-refractivity contribution is 0.414. The zero-order chi connectivity index (χ0) is 23.0. The summed E-state index contributed by atoms with van der Waals surface area (Å²) in [4.78, 5) is 4.69. The van der Waals surface area contributed by atoms with E-state index in [4.69, 9.17) is 14.2 Å². The van der Waals surface area contributed by atoms with Gasteiger partial charge in [-0.1, -0.05) is 0 Å². The van der Waals surface area contributed by atoms with Crippen molar-refractivity contribution in [3.63, 3.8) is 0 Å². The number of ether oxygens (including phenoxy) is 3. The molecule has 0 bridgehead atoms. The molecule has 1 heterocycles. The molecule has 166 valence electrons. The Morgan fingerprint density at radius 2 is 1.12 bits per heavy atom. The van der Waals surface area contributed by atoms with Gasteiger partial charge in [-0.3, -0.25) is 0 Å². The largest absolute Gasteiger partial charge is 0.497 e. The number of methoxy groups -OCH3 is 3. The lowest BCUT2D eigenvalue weighted by Crippen LogP contribution is -2.03. The number of hydrogen-bond acceptors (Lipinski definition) is 8. The van der Waals surface area contributed by atoms with Crippen LogP contribution >= 0.6 is 0 Å². The molecule has 0 aliphatic heterocycles. The molecule has 1 aromatic heterocycles. The van der Waals surface area contributed by atoms with Crippen molar-refractivity contribution < 1.29 is 14.2 Å². The lowest BCUT2D eigenvalue weighted by atomic mass is 10.0. The van der Waals surface area contributed by atoms with Gasteiger partial charge in [0.05, 0.1) is 27.5 Å². The van der Waals surface area contributed by atoms with E-state index in [-0.39, 0.29) is 5.95 Å². The molecule has 0 amide bonds. The molecule has 0 fully saturated rings. The van der Waals surface area contributed by atoms with Crippen molar-refractivity contribution in [3.8, 4) is 39.8 Å². The number of aromatic nitrogens is 3. The molecule has 33 heavy (non-hydrogen) atoms. The van der Waals surface area contributed by atoms with Crippen LogP contribution in [0.5, 0.6) is 17.2 Å². The van der Waals surface area contributed by atoms with E-state index in [2.05, 4.69) is 25.7 Å². The Hall–Kier alpha value is -4.46. The van der Waals surface area contributed by atoms with Crippen LogP contribution < -0.4 is 19.6 Å². The van der Waals surface area contributed by atoms with E-state index in [9.17, 15) is 0 Å². The zero-order valence-electron chi connectivity index (χ0n) is 18.5. The second-order valence-corrected chi connectivity index (χ2v) is 6.93. The molecule has 0 aliphatic rings. The van der Waals surface area contributed by atoms with Crippen LogP contribution in [-0.2, 0) is 0 Å². The van der Waals surface area contributed by atoms with Gasteiger partial charge < -0.3 is 14.2 Å². The quantitative estimate of drug-likeness (QED) is 0.314. The molecular weight excluding hydrogens is 418 g/mol. The molecule has 4 aromatic rings. The zero-order valence-corrected chi connectivity index (χ0v) is 18.5. The summed E-state index contributed by atoms with van der Waals surface area (Å²) in [6.07, 6.45) is 1.67. The van der Waals surface area contributed by atoms with E-state index < -0.39 is 0 Å². The maximum Gasteiger partial charge on any atom is 0.263 e. The first-order valence-corrected chi connectivity index (χ1v) is 10.2. The number of anilines is 1. The fourth-order valence-corrected chi connectivity index (χ4v) is 3.12. The molecular formula is C25H23N5O3. The molecule has 0 atom stereocenters. The van der Waals surface area contributed by atoms with Crippen molar-refractivity contribution in [1.82, 2.24) is 15.2 Å². The van der Waals surface area contributed by atoms with Crippen LogP contribution in [0.2, 0.25) is 0 Å². The summed E-state index contributed by atoms with van der Waals surface area (Å²) in [5.74, 6) is 2.58. The van der Waals surface area contributed by atoms with E-state index in [1.807, 2.05) is 72.8 Å². The SMILES string of the molecule is COc1ccc(/C=N/Nc2nnc(-c3ccc(OC)cc3)c(-c3ccc(OC)cc3)n2)cc1. The molecule has 8 heteroatoms. The van der Waals surface area contributed by atoms with Crippen LogP contribution in [0.1, 0.15) is 5.56 Å². The van der Waals surface area contributed by atoms with Crippen molar-refractivity contribution in [3.05, 3.63) is 78.4 Å². The average molecular weight is 441 g/mol. The summed E-state index contributed by atoms with van der Waals surface area (Å²) < 4.78 is 15.7. The summed E-state index contributed by atoms with van der Waals surface area (Å²) in [5.41, 5.74) is 6.82. The van der Waals surface area contributed by atoms with E-state index in [1.165, 1.54) is 0 Å². The summed E-state index contributed by atoms with van der Waals surface area (Å²) in [6.45, 7) is 0. The van der Waals surface area contributed by atoms with Crippen LogP contribution in [0.25, 0.3) is 22.5 Å². The average Bonchev–Trinajstić information content (AvgIpc) is 2.89. The normalized spacial score (nSPS) is 10.8. The first-order valence-electron chi connectivity index (χ1n) is 10.2. The Morgan fingerprint density at radius 3 is 1.64 bits per heavy atom. The first kappa shape index (κ1) is 21.8. The fourth-order valence-electron chi connectivity index (χ4n) is 3.12. The molecule has 8 nitrogen and oxygen atoms in total. The third kappa shape index (κ3) is 5.24. The van der Waals surface area contributed by atoms with Gasteiger partial charge >= 0.3 is 0 Å². The Morgan fingerprint density at radius 1 is 0.636 bits per heavy atom. The van der Waals surface area contributed by atoms with Gasteiger partial charge in [-0.15, -0.1) is 10.2 Å². The topological polar surface area (TPSA) is 90.8 Å². The number of benzene rings is 3. The smallest absolute Gasteiger partial charge is 0.263 e. The highest BCUT2D eigenvalue weighted by atomic mass is 16.5. The lowest BCUT2D eigenvalue weighted by Gasteiger charge is -2.10. The van der Waals surface area contributed by atoms with Crippen molar-refractivity contribution in [2.45, 2.75) is 0 Å². The maximum atomic E-state index is 5.28. The van der Waals surface area contributed by atoms with Gasteiger partial charge in [0, 0.05) is 11.1 Å². The fraction of sp³-hybridized carbons (Fsp3) is 0.120. The highest BCUT2D eigenvalue weighted by Gasteiger charge is 2.14. The number of hydrogen-bond donors (Lipinski definition) is 1. The predicted molar refractivity (Wildman–Crippen MR) is 128 cm³/mol. The Bertz CT molecular complexity index is 1220. The van der Waals surface area contributed by atoms with E-state index in [0.29, 0.717) is 11.4 Å². The van der Waals surface area contributed by atoms with Gasteiger partial charge in [-0.2, -0.15) is 5.10 Å². The monoisotopic (exact) mass is 441 g/mol. The molecule has 0 aliphatic carbocycles. The minimum absolute atomic E-state index is 0.280. The Kier molecular flexibility index (Phi) is 6.75. The number of nitrogens with one attached hydrogen (secondary N) is 1. The predicted octanol–water partition coefficient (Wildman–Crippen LogP) is 4.68. The van der Waals surface area contributed by atoms with Gasteiger partial charge in [0.15, 0.2) is 0 Å². The van der Waals surface area contributed by atoms with Crippen molar-refractivity contribution >= 4 is 12.2 Å². The maximum absolute atomic E-state index is 5.28. The van der Waals surface area contributed by atoms with Crippen LogP contribution in [0.15, 0.2) is 77.9 Å². The van der Waals surface area contributed by atoms with Gasteiger partial charge in [-0.05, 0) is 78.4 Å². The highest BCUT2D eigenvalue weighted by Crippen LogP contribution is 2.31. The Balaban J connectivity index is 1.64. The van der Waals surface area contributed by atoms with Gasteiger partial charge in [0.25, 0.3) is 5.95 Å². The molecule has 1 N–H and O–H groups in total. The van der Waals surface area contributed by atoms with Gasteiger partial charge in [0.2, 0.25) is 0 Å². The number of hydrazone groups is 1. The molecule has 0 spiro atoms. The van der Waals surface area contributed by atoms with E-state index in [1.54, 1.807) is 27.5 Å². The van der Waals surface area contributed by atoms with Crippen molar-refractivity contribution in [2.24, 2.45) is 5.10 Å². The molecule has 0 saturated carbocycles. The second kappa shape index (κ2) is 10.2. The summed E-state index contributed by atoms with van der Waals surface area (Å²) in [7, 11) is 4.89. The molecule has 3 aromatic carbocycles. The van der Waals surface area contributed by atoms with Gasteiger partial charge in [0.1, 0.15) is 28.6 Å². The highest BCUT2D eigenvalue weighted by molar-refractivity contribution is 5.81. The minimum Gasteiger partial charge on any atom is -0.497 e. The number of nitrogens with zero attached hydrogens (tertiary/aromatic N) is 4. The third-order valence-corrected chi connectivity index (χ3v) is 4.91. The van der Waals surface area contributed by atoms with E-state index in [0.717, 1.165) is 33.9 Å². The Labute approximate surface area is 191 Å². The minimum atomic E-state index is 0.280. The third-order valence-electron chi connectivity index (χ3n) is 4.91. The van der Waals surface area contributed by atoms with Crippen LogP contribution in [0.3, 0.4) is 0 Å². The molecule has 4 rings (SSSR count). The molecule has 0 unspecified atom stereocenters. The second-order valence-electron chi connectivity index (χ2n) is 6.93. The standard InChI is InChI=1S/C25H23N5O3/c1-31-20-10-4-17(5-11-20)16-26-29-25-27-23(18-6-12-21(32-2)13-7-18)24(28-30-25)19-8-14-22(33-3)15-9-19/h4-16H,1-3H3,(H,27,29,30)/b26-16+. The van der Waals surface area contributed by atoms with Crippen LogP contribution in [-0.4, -0.2) is 42.7 Å². The molecule has 0 saturated heterocycles. The molecule has 0 radical (unpaired) electrons. The van der Waals surface area contributed by atoms with Gasteiger partial charge in [-0.25, -0.2) is 10.4 Å². The van der Waals surface area contributed by atoms with Crippen molar-refractivity contribution in [1.29, 1.82) is 0 Å². The van der Waals surface area contributed by atoms with Crippen LogP contribution in [0, 0.1) is 0 Å². The summed E-state index contributed by atoms with van der Waals surface area (Å²) in [6, 6.07) is 22.8. The van der Waals surface area contributed by atoms with Crippen molar-refractivity contribution in [2.75, 3.05) is 26.8 Å². The number of rotatable bonds is 8. The van der Waals surface area contributed by atoms with Crippen LogP contribution in [0.4, 0.5) is 5.95 Å². The summed E-state index contributed by atoms with van der Waals surface area (Å²) >= 11 is 0. The first-order chi connectivity index (χ1) is 16.2. The summed E-state index contributed by atoms with van der Waals surface area (Å²) in [5, 5.41) is 12.9.